The molecule has 2 heterocycles. The van der Waals surface area contributed by atoms with E-state index in [-0.39, 0.29) is 34.4 Å². The van der Waals surface area contributed by atoms with Crippen LogP contribution in [0.3, 0.4) is 0 Å². The van der Waals surface area contributed by atoms with E-state index in [2.05, 4.69) is 34.6 Å². The molecule has 6 heteroatoms. The number of nitrogens with zero attached hydrogens (tertiary/aromatic N) is 1. The minimum absolute atomic E-state index is 0.0417. The molecule has 3 aromatic rings. The van der Waals surface area contributed by atoms with Crippen molar-refractivity contribution in [3.8, 4) is 0 Å². The number of benzene rings is 2. The summed E-state index contributed by atoms with van der Waals surface area (Å²) >= 11 is 0. The van der Waals surface area contributed by atoms with Crippen molar-refractivity contribution in [3.05, 3.63) is 71.7 Å². The molecule has 2 saturated carbocycles. The molecule has 2 aliphatic carbocycles. The summed E-state index contributed by atoms with van der Waals surface area (Å²) in [5.41, 5.74) is 2.71. The number of aromatic amines is 1. The maximum Gasteiger partial charge on any atom is 0.270 e. The summed E-state index contributed by atoms with van der Waals surface area (Å²) in [5, 5.41) is 4.03. The maximum absolute atomic E-state index is 13.5. The van der Waals surface area contributed by atoms with Gasteiger partial charge in [0.25, 0.3) is 5.91 Å². The summed E-state index contributed by atoms with van der Waals surface area (Å²) in [4.78, 5) is 31.2. The molecule has 1 saturated heterocycles. The number of nitrogens with one attached hydrogen (secondary N) is 2. The minimum Gasteiger partial charge on any atom is -0.355 e. The van der Waals surface area contributed by atoms with Crippen molar-refractivity contribution in [2.24, 2.45) is 11.3 Å². The first kappa shape index (κ1) is 22.3. The Hall–Kier alpha value is -3.15. The molecule has 0 radical (unpaired) electrons. The lowest BCUT2D eigenvalue weighted by molar-refractivity contribution is -0.123. The molecule has 35 heavy (non-hydrogen) atoms. The number of carbonyl (C=O) groups excluding carboxylic acids is 2. The number of hydrogen-bond donors (Lipinski definition) is 2. The molecule has 2 N–H and O–H groups in total. The van der Waals surface area contributed by atoms with Gasteiger partial charge in [-0.05, 0) is 67.3 Å². The van der Waals surface area contributed by atoms with Crippen molar-refractivity contribution in [2.45, 2.75) is 50.4 Å². The Morgan fingerprint density at radius 3 is 2.49 bits per heavy atom. The van der Waals surface area contributed by atoms with Gasteiger partial charge in [0, 0.05) is 41.9 Å². The molecular formula is C29H32FN3O2. The van der Waals surface area contributed by atoms with Gasteiger partial charge < -0.3 is 15.2 Å². The zero-order valence-electron chi connectivity index (χ0n) is 20.0. The highest BCUT2D eigenvalue weighted by Crippen LogP contribution is 2.59. The molecule has 6 rings (SSSR count). The molecule has 182 valence electrons. The van der Waals surface area contributed by atoms with Crippen LogP contribution in [0.25, 0.3) is 10.9 Å². The first-order chi connectivity index (χ1) is 17.0. The van der Waals surface area contributed by atoms with Gasteiger partial charge in [-0.3, -0.25) is 9.59 Å². The molecule has 1 spiro atoms. The zero-order chi connectivity index (χ0) is 24.0. The van der Waals surface area contributed by atoms with Crippen molar-refractivity contribution >= 4 is 22.7 Å². The first-order valence-electron chi connectivity index (χ1n) is 12.9. The smallest absolute Gasteiger partial charge is 0.270 e. The summed E-state index contributed by atoms with van der Waals surface area (Å²) in [6, 6.07) is 16.9. The number of halogens is 1. The van der Waals surface area contributed by atoms with Gasteiger partial charge in [-0.25, -0.2) is 4.39 Å². The van der Waals surface area contributed by atoms with Crippen LogP contribution < -0.4 is 5.32 Å². The van der Waals surface area contributed by atoms with Crippen molar-refractivity contribution in [1.29, 1.82) is 0 Å². The van der Waals surface area contributed by atoms with E-state index in [1.165, 1.54) is 30.5 Å². The fourth-order valence-corrected chi connectivity index (χ4v) is 6.61. The maximum atomic E-state index is 13.5. The molecule has 5 nitrogen and oxygen atoms in total. The van der Waals surface area contributed by atoms with Crippen LogP contribution in [0.4, 0.5) is 4.39 Å². The zero-order valence-corrected chi connectivity index (χ0v) is 20.0. The van der Waals surface area contributed by atoms with Gasteiger partial charge in [0.2, 0.25) is 5.91 Å². The number of piperidine rings is 1. The summed E-state index contributed by atoms with van der Waals surface area (Å²) in [6.45, 7) is 2.02. The number of fused-ring (bicyclic) bond motifs is 1. The first-order valence-corrected chi connectivity index (χ1v) is 12.9. The fraction of sp³-hybridized carbons (Fsp3) is 0.448. The van der Waals surface area contributed by atoms with Gasteiger partial charge in [-0.1, -0.05) is 43.2 Å². The lowest BCUT2D eigenvalue weighted by Crippen LogP contribution is -2.42. The van der Waals surface area contributed by atoms with Gasteiger partial charge in [-0.2, -0.15) is 0 Å². The average Bonchev–Trinajstić information content (AvgIpc) is 3.22. The second-order valence-corrected chi connectivity index (χ2v) is 10.9. The topological polar surface area (TPSA) is 65.2 Å². The number of hydrogen-bond acceptors (Lipinski definition) is 2. The predicted molar refractivity (Wildman–Crippen MR) is 134 cm³/mol. The van der Waals surface area contributed by atoms with E-state index in [1.807, 2.05) is 11.0 Å². The lowest BCUT2D eigenvalue weighted by Gasteiger charge is -2.33. The highest BCUT2D eigenvalue weighted by atomic mass is 19.1. The van der Waals surface area contributed by atoms with E-state index in [4.69, 9.17) is 0 Å². The quantitative estimate of drug-likeness (QED) is 0.536. The van der Waals surface area contributed by atoms with E-state index >= 15 is 0 Å². The van der Waals surface area contributed by atoms with Crippen LogP contribution in [0.2, 0.25) is 0 Å². The number of rotatable bonds is 5. The molecule has 3 fully saturated rings. The van der Waals surface area contributed by atoms with Crippen LogP contribution in [0.1, 0.15) is 61.0 Å². The Balaban J connectivity index is 1.05. The summed E-state index contributed by atoms with van der Waals surface area (Å²) in [5.74, 6) is -0.116. The molecular weight excluding hydrogens is 441 g/mol. The molecule has 0 unspecified atom stereocenters. The minimum atomic E-state index is -0.309. The van der Waals surface area contributed by atoms with Gasteiger partial charge in [0.05, 0.1) is 0 Å². The second kappa shape index (κ2) is 8.51. The van der Waals surface area contributed by atoms with Crippen molar-refractivity contribution in [3.63, 3.8) is 0 Å². The third kappa shape index (κ3) is 4.03. The summed E-state index contributed by atoms with van der Waals surface area (Å²) in [6.07, 6.45) is 7.33. The van der Waals surface area contributed by atoms with E-state index < -0.39 is 0 Å². The molecule has 0 bridgehead atoms. The van der Waals surface area contributed by atoms with E-state index in [1.54, 1.807) is 12.1 Å². The van der Waals surface area contributed by atoms with E-state index in [9.17, 15) is 14.0 Å². The molecule has 2 amide bonds. The Kier molecular flexibility index (Phi) is 5.42. The Labute approximate surface area is 205 Å². The van der Waals surface area contributed by atoms with Gasteiger partial charge >= 0.3 is 0 Å². The van der Waals surface area contributed by atoms with Gasteiger partial charge in [0.1, 0.15) is 11.5 Å². The van der Waals surface area contributed by atoms with Crippen LogP contribution in [0.15, 0.2) is 54.6 Å². The molecule has 1 aromatic heterocycles. The van der Waals surface area contributed by atoms with Crippen molar-refractivity contribution in [1.82, 2.24) is 15.2 Å². The highest BCUT2D eigenvalue weighted by Gasteiger charge is 2.59. The number of amides is 2. The van der Waals surface area contributed by atoms with Crippen LogP contribution in [0, 0.1) is 17.2 Å². The van der Waals surface area contributed by atoms with Crippen molar-refractivity contribution in [2.75, 3.05) is 19.6 Å². The fourth-order valence-electron chi connectivity index (χ4n) is 6.61. The number of H-pyrrole nitrogens is 1. The van der Waals surface area contributed by atoms with E-state index in [0.29, 0.717) is 30.7 Å². The largest absolute Gasteiger partial charge is 0.355 e. The average molecular weight is 474 g/mol. The third-order valence-corrected chi connectivity index (χ3v) is 8.91. The van der Waals surface area contributed by atoms with Crippen LogP contribution in [-0.2, 0) is 10.2 Å². The van der Waals surface area contributed by atoms with E-state index in [0.717, 1.165) is 37.6 Å². The number of carbonyl (C=O) groups is 2. The summed E-state index contributed by atoms with van der Waals surface area (Å²) < 4.78 is 13.5. The summed E-state index contributed by atoms with van der Waals surface area (Å²) in [7, 11) is 0. The lowest BCUT2D eigenvalue weighted by atomic mass is 9.78. The highest BCUT2D eigenvalue weighted by molar-refractivity contribution is 5.98. The van der Waals surface area contributed by atoms with Crippen LogP contribution >= 0.6 is 0 Å². The monoisotopic (exact) mass is 473 g/mol. The van der Waals surface area contributed by atoms with Gasteiger partial charge in [-0.15, -0.1) is 0 Å². The molecule has 2 aromatic carbocycles. The van der Waals surface area contributed by atoms with Crippen LogP contribution in [-0.4, -0.2) is 41.3 Å². The molecule has 1 aliphatic heterocycles. The SMILES string of the molecule is O=C(NCC1(c2ccccc2)CCCC1)[C@@H]1CC12CCN(C(=O)c1cc3cc(F)ccc3[nH]1)CC2. The third-order valence-electron chi connectivity index (χ3n) is 8.91. The second-order valence-electron chi connectivity index (χ2n) is 10.9. The Morgan fingerprint density at radius 2 is 1.74 bits per heavy atom. The Bertz CT molecular complexity index is 1250. The van der Waals surface area contributed by atoms with Crippen LogP contribution in [0.5, 0.6) is 0 Å². The number of likely N-dealkylation sites (tertiary alicyclic amines) is 1. The molecule has 1 atom stereocenters. The standard InChI is InChI=1S/C29H32FN3O2/c30-22-8-9-24-20(16-22)17-25(32-24)27(35)33-14-12-28(13-15-33)18-23(28)26(34)31-19-29(10-4-5-11-29)21-6-2-1-3-7-21/h1-3,6-9,16-17,23,32H,4-5,10-15,18-19H2,(H,31,34)/t23-/m0/s1. The Morgan fingerprint density at radius 1 is 1.00 bits per heavy atom. The number of aromatic nitrogens is 1. The molecule has 3 aliphatic rings. The predicted octanol–water partition coefficient (Wildman–Crippen LogP) is 5.18. The normalized spacial score (nSPS) is 22.4. The van der Waals surface area contributed by atoms with Gasteiger partial charge in [0.15, 0.2) is 0 Å². The van der Waals surface area contributed by atoms with Crippen molar-refractivity contribution < 1.29 is 14.0 Å².